The van der Waals surface area contributed by atoms with E-state index in [2.05, 4.69) is 9.97 Å². The fraction of sp³-hybridized carbons (Fsp3) is 0.333. The topological polar surface area (TPSA) is 107 Å². The average molecular weight is 426 g/mol. The molecule has 0 spiro atoms. The zero-order valence-electron chi connectivity index (χ0n) is 16.4. The molecule has 2 N–H and O–H groups in total. The van der Waals surface area contributed by atoms with E-state index in [1.165, 1.54) is 4.31 Å². The summed E-state index contributed by atoms with van der Waals surface area (Å²) in [5.74, 6) is 0.331. The summed E-state index contributed by atoms with van der Waals surface area (Å²) < 4.78 is 28.4. The third-order valence-corrected chi connectivity index (χ3v) is 8.19. The fourth-order valence-corrected chi connectivity index (χ4v) is 6.23. The van der Waals surface area contributed by atoms with Crippen molar-refractivity contribution < 1.29 is 18.3 Å². The van der Waals surface area contributed by atoms with E-state index in [4.69, 9.17) is 0 Å². The number of aliphatic hydroxyl groups excluding tert-OH is 1. The summed E-state index contributed by atoms with van der Waals surface area (Å²) >= 11 is 0. The van der Waals surface area contributed by atoms with Crippen LogP contribution in [0.2, 0.25) is 0 Å². The first kappa shape index (κ1) is 19.2. The first-order valence-corrected chi connectivity index (χ1v) is 11.3. The van der Waals surface area contributed by atoms with Crippen LogP contribution in [-0.2, 0) is 10.0 Å². The Morgan fingerprint density at radius 2 is 1.97 bits per heavy atom. The average Bonchev–Trinajstić information content (AvgIpc) is 3.38. The smallest absolute Gasteiger partial charge is 0.258 e. The molecule has 2 aliphatic rings. The van der Waals surface area contributed by atoms with Gasteiger partial charge in [-0.25, -0.2) is 13.4 Å². The molecule has 3 heterocycles. The van der Waals surface area contributed by atoms with E-state index in [0.29, 0.717) is 48.1 Å². The lowest BCUT2D eigenvalue weighted by molar-refractivity contribution is 0.0696. The molecule has 0 saturated carbocycles. The summed E-state index contributed by atoms with van der Waals surface area (Å²) in [6, 6.07) is 8.51. The van der Waals surface area contributed by atoms with Gasteiger partial charge >= 0.3 is 0 Å². The number of imidazole rings is 1. The Morgan fingerprint density at radius 1 is 1.20 bits per heavy atom. The second-order valence-electron chi connectivity index (χ2n) is 7.84. The molecule has 1 aromatic heterocycles. The van der Waals surface area contributed by atoms with E-state index >= 15 is 0 Å². The molecule has 0 aliphatic carbocycles. The van der Waals surface area contributed by atoms with Crippen molar-refractivity contribution in [1.82, 2.24) is 14.3 Å². The normalized spacial score (nSPS) is 19.0. The number of piperidine rings is 1. The van der Waals surface area contributed by atoms with Crippen LogP contribution in [-0.4, -0.2) is 53.8 Å². The fourth-order valence-electron chi connectivity index (χ4n) is 4.57. The van der Waals surface area contributed by atoms with Crippen LogP contribution < -0.4 is 4.90 Å². The number of hydrogen-bond donors (Lipinski definition) is 2. The minimum atomic E-state index is -3.73. The predicted octanol–water partition coefficient (Wildman–Crippen LogP) is 2.29. The zero-order valence-corrected chi connectivity index (χ0v) is 17.3. The van der Waals surface area contributed by atoms with Gasteiger partial charge in [-0.05, 0) is 37.0 Å². The highest BCUT2D eigenvalue weighted by atomic mass is 32.2. The van der Waals surface area contributed by atoms with Crippen LogP contribution in [0.15, 0.2) is 47.6 Å². The van der Waals surface area contributed by atoms with Crippen LogP contribution in [0.3, 0.4) is 0 Å². The van der Waals surface area contributed by atoms with Gasteiger partial charge in [0.1, 0.15) is 11.9 Å². The van der Waals surface area contributed by atoms with Gasteiger partial charge in [0, 0.05) is 48.9 Å². The number of aliphatic hydroxyl groups is 1. The van der Waals surface area contributed by atoms with Crippen LogP contribution in [0.25, 0.3) is 10.8 Å². The van der Waals surface area contributed by atoms with Crippen molar-refractivity contribution in [2.24, 2.45) is 5.92 Å². The molecule has 1 fully saturated rings. The van der Waals surface area contributed by atoms with E-state index < -0.39 is 16.1 Å². The standard InChI is InChI=1S/C21H22N4O4S/c1-24-16-5-6-17(14-3-2-4-15(18(14)16)21(24)27)30(28,29)25-11-7-13(8-12-25)19(26)20-22-9-10-23-20/h2-6,9-10,13,19,26H,7-8,11-12H2,1H3,(H,22,23)/t19-/m0/s1. The second-order valence-corrected chi connectivity index (χ2v) is 9.74. The predicted molar refractivity (Wildman–Crippen MR) is 112 cm³/mol. The summed E-state index contributed by atoms with van der Waals surface area (Å²) in [5, 5.41) is 11.8. The molecule has 8 nitrogen and oxygen atoms in total. The third-order valence-electron chi connectivity index (χ3n) is 6.24. The number of hydrogen-bond acceptors (Lipinski definition) is 5. The Kier molecular flexibility index (Phi) is 4.42. The molecular formula is C21H22N4O4S. The molecule has 2 aromatic carbocycles. The second kappa shape index (κ2) is 6.90. The zero-order chi connectivity index (χ0) is 21.0. The van der Waals surface area contributed by atoms with E-state index in [0.717, 1.165) is 5.69 Å². The summed E-state index contributed by atoms with van der Waals surface area (Å²) in [6.07, 6.45) is 3.61. The quantitative estimate of drug-likeness (QED) is 0.666. The Morgan fingerprint density at radius 3 is 2.67 bits per heavy atom. The number of rotatable bonds is 4. The van der Waals surface area contributed by atoms with Gasteiger partial charge in [0.25, 0.3) is 5.91 Å². The number of H-pyrrole nitrogens is 1. The van der Waals surface area contributed by atoms with Crippen LogP contribution in [0, 0.1) is 5.92 Å². The molecule has 2 aliphatic heterocycles. The van der Waals surface area contributed by atoms with E-state index in [-0.39, 0.29) is 16.7 Å². The van der Waals surface area contributed by atoms with Crippen molar-refractivity contribution in [3.05, 3.63) is 54.1 Å². The lowest BCUT2D eigenvalue weighted by atomic mass is 9.92. The Hall–Kier alpha value is -2.75. The van der Waals surface area contributed by atoms with Crippen LogP contribution >= 0.6 is 0 Å². The number of aromatic nitrogens is 2. The Bertz CT molecular complexity index is 1230. The number of anilines is 1. The summed E-state index contributed by atoms with van der Waals surface area (Å²) in [5.41, 5.74) is 1.26. The molecule has 1 saturated heterocycles. The maximum absolute atomic E-state index is 13.5. The molecule has 0 bridgehead atoms. The Labute approximate surface area is 174 Å². The largest absolute Gasteiger partial charge is 0.385 e. The molecule has 156 valence electrons. The number of sulfonamides is 1. The highest BCUT2D eigenvalue weighted by Gasteiger charge is 2.36. The minimum absolute atomic E-state index is 0.0540. The summed E-state index contributed by atoms with van der Waals surface area (Å²) in [7, 11) is -2.04. The first-order chi connectivity index (χ1) is 14.4. The maximum Gasteiger partial charge on any atom is 0.258 e. The van der Waals surface area contributed by atoms with Gasteiger partial charge in [-0.1, -0.05) is 12.1 Å². The van der Waals surface area contributed by atoms with Crippen LogP contribution in [0.4, 0.5) is 5.69 Å². The molecule has 9 heteroatoms. The van der Waals surface area contributed by atoms with Crippen molar-refractivity contribution in [2.75, 3.05) is 25.0 Å². The number of carbonyl (C=O) groups is 1. The molecule has 30 heavy (non-hydrogen) atoms. The lowest BCUT2D eigenvalue weighted by Gasteiger charge is -2.33. The highest BCUT2D eigenvalue weighted by molar-refractivity contribution is 7.89. The lowest BCUT2D eigenvalue weighted by Crippen LogP contribution is -2.39. The van der Waals surface area contributed by atoms with E-state index in [9.17, 15) is 18.3 Å². The van der Waals surface area contributed by atoms with Crippen molar-refractivity contribution in [3.8, 4) is 0 Å². The van der Waals surface area contributed by atoms with Gasteiger partial charge in [0.05, 0.1) is 10.6 Å². The molecular weight excluding hydrogens is 404 g/mol. The highest BCUT2D eigenvalue weighted by Crippen LogP contribution is 2.40. The number of aromatic amines is 1. The maximum atomic E-state index is 13.5. The Balaban J connectivity index is 1.45. The minimum Gasteiger partial charge on any atom is -0.385 e. The summed E-state index contributed by atoms with van der Waals surface area (Å²) in [6.45, 7) is 0.652. The van der Waals surface area contributed by atoms with Crippen molar-refractivity contribution in [1.29, 1.82) is 0 Å². The van der Waals surface area contributed by atoms with Crippen molar-refractivity contribution >= 4 is 32.4 Å². The molecule has 1 atom stereocenters. The van der Waals surface area contributed by atoms with Gasteiger partial charge in [0.2, 0.25) is 10.0 Å². The molecule has 0 unspecified atom stereocenters. The number of nitrogens with zero attached hydrogens (tertiary/aromatic N) is 3. The number of benzene rings is 2. The molecule has 3 aromatic rings. The van der Waals surface area contributed by atoms with Gasteiger partial charge in [-0.2, -0.15) is 4.31 Å². The van der Waals surface area contributed by atoms with Gasteiger partial charge in [0.15, 0.2) is 0 Å². The monoisotopic (exact) mass is 426 g/mol. The summed E-state index contributed by atoms with van der Waals surface area (Å²) in [4.78, 5) is 21.3. The van der Waals surface area contributed by atoms with E-state index in [1.54, 1.807) is 54.7 Å². The third kappa shape index (κ3) is 2.77. The van der Waals surface area contributed by atoms with E-state index in [1.807, 2.05) is 0 Å². The number of carbonyl (C=O) groups excluding carboxylic acids is 1. The van der Waals surface area contributed by atoms with Crippen LogP contribution in [0.1, 0.15) is 35.1 Å². The van der Waals surface area contributed by atoms with Crippen LogP contribution in [0.5, 0.6) is 0 Å². The number of amides is 1. The molecule has 5 rings (SSSR count). The number of nitrogens with one attached hydrogen (secondary N) is 1. The van der Waals surface area contributed by atoms with Crippen molar-refractivity contribution in [2.45, 2.75) is 23.8 Å². The van der Waals surface area contributed by atoms with Crippen molar-refractivity contribution in [3.63, 3.8) is 0 Å². The first-order valence-electron chi connectivity index (χ1n) is 9.91. The van der Waals surface area contributed by atoms with Gasteiger partial charge in [-0.3, -0.25) is 4.79 Å². The van der Waals surface area contributed by atoms with Gasteiger partial charge < -0.3 is 15.0 Å². The molecule has 1 amide bonds. The van der Waals surface area contributed by atoms with Gasteiger partial charge in [-0.15, -0.1) is 0 Å². The molecule has 0 radical (unpaired) electrons. The SMILES string of the molecule is CN1C(=O)c2cccc3c(S(=O)(=O)N4CCC([C@H](O)c5ncc[nH]5)CC4)ccc1c23.